The number of pyridine rings is 1. The van der Waals surface area contributed by atoms with Crippen LogP contribution in [0.15, 0.2) is 24.5 Å². The summed E-state index contributed by atoms with van der Waals surface area (Å²) in [6.07, 6.45) is 3.36. The molecule has 1 fully saturated rings. The molecular formula is C14H16N4O2. The van der Waals surface area contributed by atoms with Crippen LogP contribution in [0.25, 0.3) is 5.52 Å². The van der Waals surface area contributed by atoms with Gasteiger partial charge in [0.25, 0.3) is 0 Å². The van der Waals surface area contributed by atoms with Crippen LogP contribution in [-0.4, -0.2) is 54.0 Å². The largest absolute Gasteiger partial charge is 0.491 e. The molecule has 1 aliphatic rings. The summed E-state index contributed by atoms with van der Waals surface area (Å²) in [5, 5.41) is 13.1. The van der Waals surface area contributed by atoms with Crippen molar-refractivity contribution in [2.75, 3.05) is 39.5 Å². The maximum Gasteiger partial charge on any atom is 0.137 e. The number of hydrogen-bond acceptors (Lipinski definition) is 5. The second-order valence-electron chi connectivity index (χ2n) is 4.67. The summed E-state index contributed by atoms with van der Waals surface area (Å²) in [5.41, 5.74) is 1.37. The fourth-order valence-corrected chi connectivity index (χ4v) is 2.25. The lowest BCUT2D eigenvalue weighted by Gasteiger charge is -2.26. The van der Waals surface area contributed by atoms with E-state index in [1.807, 2.05) is 12.1 Å². The predicted octanol–water partition coefficient (Wildman–Crippen LogP) is 0.917. The predicted molar refractivity (Wildman–Crippen MR) is 72.7 cm³/mol. The molecule has 0 saturated carbocycles. The maximum atomic E-state index is 8.93. The summed E-state index contributed by atoms with van der Waals surface area (Å²) in [4.78, 5) is 2.32. The number of rotatable bonds is 4. The van der Waals surface area contributed by atoms with Gasteiger partial charge in [0, 0.05) is 19.6 Å². The summed E-state index contributed by atoms with van der Waals surface area (Å²) in [7, 11) is 0. The molecule has 6 nitrogen and oxygen atoms in total. The number of ether oxygens (including phenoxy) is 2. The molecule has 1 aliphatic heterocycles. The average molecular weight is 272 g/mol. The Morgan fingerprint density at radius 3 is 3.00 bits per heavy atom. The van der Waals surface area contributed by atoms with Gasteiger partial charge in [0.1, 0.15) is 18.4 Å². The standard InChI is InChI=1S/C14H16N4O2/c15-9-12-10-16-18-11-13(1-2-14(12)18)20-8-5-17-3-6-19-7-4-17/h1-2,10-11H,3-8H2. The van der Waals surface area contributed by atoms with Gasteiger partial charge in [-0.15, -0.1) is 0 Å². The molecule has 0 bridgehead atoms. The molecule has 20 heavy (non-hydrogen) atoms. The van der Waals surface area contributed by atoms with Crippen LogP contribution >= 0.6 is 0 Å². The van der Waals surface area contributed by atoms with Crippen LogP contribution in [0, 0.1) is 11.3 Å². The normalized spacial score (nSPS) is 16.1. The van der Waals surface area contributed by atoms with E-state index in [0.29, 0.717) is 12.2 Å². The molecular weight excluding hydrogens is 256 g/mol. The number of nitriles is 1. The highest BCUT2D eigenvalue weighted by Gasteiger charge is 2.10. The Morgan fingerprint density at radius 1 is 1.35 bits per heavy atom. The smallest absolute Gasteiger partial charge is 0.137 e. The summed E-state index contributed by atoms with van der Waals surface area (Å²) in [5.74, 6) is 0.762. The zero-order valence-corrected chi connectivity index (χ0v) is 11.2. The highest BCUT2D eigenvalue weighted by Crippen LogP contribution is 2.15. The van der Waals surface area contributed by atoms with Crippen molar-refractivity contribution in [2.24, 2.45) is 0 Å². The first-order valence-electron chi connectivity index (χ1n) is 6.67. The molecule has 0 radical (unpaired) electrons. The molecule has 0 N–H and O–H groups in total. The summed E-state index contributed by atoms with van der Waals surface area (Å²) in [6.45, 7) is 5.06. The van der Waals surface area contributed by atoms with Gasteiger partial charge in [-0.3, -0.25) is 4.90 Å². The Kier molecular flexibility index (Phi) is 3.81. The average Bonchev–Trinajstić information content (AvgIpc) is 2.90. The third-order valence-corrected chi connectivity index (χ3v) is 3.39. The lowest BCUT2D eigenvalue weighted by atomic mass is 10.3. The van der Waals surface area contributed by atoms with Crippen LogP contribution in [0.2, 0.25) is 0 Å². The quantitative estimate of drug-likeness (QED) is 0.828. The number of hydrogen-bond donors (Lipinski definition) is 0. The summed E-state index contributed by atoms with van der Waals surface area (Å²) in [6, 6.07) is 5.84. The first-order valence-corrected chi connectivity index (χ1v) is 6.67. The van der Waals surface area contributed by atoms with Crippen molar-refractivity contribution in [1.82, 2.24) is 14.5 Å². The van der Waals surface area contributed by atoms with Crippen molar-refractivity contribution in [3.8, 4) is 11.8 Å². The second-order valence-corrected chi connectivity index (χ2v) is 4.67. The number of morpholine rings is 1. The molecule has 0 aliphatic carbocycles. The third-order valence-electron chi connectivity index (χ3n) is 3.39. The van der Waals surface area contributed by atoms with E-state index in [0.717, 1.165) is 44.1 Å². The van der Waals surface area contributed by atoms with Crippen LogP contribution in [0.5, 0.6) is 5.75 Å². The Bertz CT molecular complexity index is 626. The lowest BCUT2D eigenvalue weighted by molar-refractivity contribution is 0.0322. The van der Waals surface area contributed by atoms with Gasteiger partial charge in [-0.2, -0.15) is 10.4 Å². The highest BCUT2D eigenvalue weighted by atomic mass is 16.5. The minimum Gasteiger partial charge on any atom is -0.491 e. The van der Waals surface area contributed by atoms with Crippen molar-refractivity contribution >= 4 is 5.52 Å². The van der Waals surface area contributed by atoms with Gasteiger partial charge in [-0.25, -0.2) is 4.52 Å². The molecule has 0 aromatic carbocycles. The maximum absolute atomic E-state index is 8.93. The zero-order chi connectivity index (χ0) is 13.8. The van der Waals surface area contributed by atoms with E-state index in [1.165, 1.54) is 0 Å². The van der Waals surface area contributed by atoms with Crippen LogP contribution in [0.1, 0.15) is 5.56 Å². The molecule has 0 amide bonds. The molecule has 3 rings (SSSR count). The molecule has 2 aromatic heterocycles. The third kappa shape index (κ3) is 2.74. The SMILES string of the molecule is N#Cc1cnn2cc(OCCN3CCOCC3)ccc12. The van der Waals surface area contributed by atoms with Gasteiger partial charge in [-0.1, -0.05) is 0 Å². The fraction of sp³-hybridized carbons (Fsp3) is 0.429. The van der Waals surface area contributed by atoms with Gasteiger partial charge >= 0.3 is 0 Å². The van der Waals surface area contributed by atoms with Gasteiger partial charge in [0.05, 0.1) is 36.7 Å². The van der Waals surface area contributed by atoms with E-state index in [9.17, 15) is 0 Å². The lowest BCUT2D eigenvalue weighted by Crippen LogP contribution is -2.38. The van der Waals surface area contributed by atoms with Gasteiger partial charge in [-0.05, 0) is 12.1 Å². The van der Waals surface area contributed by atoms with Gasteiger partial charge in [0.2, 0.25) is 0 Å². The molecule has 104 valence electrons. The topological polar surface area (TPSA) is 62.8 Å². The van der Waals surface area contributed by atoms with Crippen molar-refractivity contribution < 1.29 is 9.47 Å². The monoisotopic (exact) mass is 272 g/mol. The van der Waals surface area contributed by atoms with E-state index in [-0.39, 0.29) is 0 Å². The summed E-state index contributed by atoms with van der Waals surface area (Å²) >= 11 is 0. The molecule has 6 heteroatoms. The number of aromatic nitrogens is 2. The zero-order valence-electron chi connectivity index (χ0n) is 11.2. The summed E-state index contributed by atoms with van der Waals surface area (Å²) < 4.78 is 12.7. The van der Waals surface area contributed by atoms with Gasteiger partial charge < -0.3 is 9.47 Å². The Balaban J connectivity index is 1.59. The van der Waals surface area contributed by atoms with Crippen molar-refractivity contribution in [3.05, 3.63) is 30.1 Å². The van der Waals surface area contributed by atoms with Crippen molar-refractivity contribution in [1.29, 1.82) is 5.26 Å². The molecule has 0 atom stereocenters. The molecule has 0 unspecified atom stereocenters. The van der Waals surface area contributed by atoms with E-state index < -0.39 is 0 Å². The minimum atomic E-state index is 0.574. The minimum absolute atomic E-state index is 0.574. The fourth-order valence-electron chi connectivity index (χ4n) is 2.25. The van der Waals surface area contributed by atoms with E-state index in [4.69, 9.17) is 14.7 Å². The van der Waals surface area contributed by atoms with Crippen molar-refractivity contribution in [2.45, 2.75) is 0 Å². The Hall–Kier alpha value is -2.10. The van der Waals surface area contributed by atoms with E-state index >= 15 is 0 Å². The molecule has 0 spiro atoms. The first kappa shape index (κ1) is 12.9. The Morgan fingerprint density at radius 2 is 2.20 bits per heavy atom. The van der Waals surface area contributed by atoms with Gasteiger partial charge in [0.15, 0.2) is 0 Å². The second kappa shape index (κ2) is 5.90. The number of fused-ring (bicyclic) bond motifs is 1. The van der Waals surface area contributed by atoms with Crippen LogP contribution in [0.3, 0.4) is 0 Å². The molecule has 3 heterocycles. The first-order chi connectivity index (χ1) is 9.86. The highest BCUT2D eigenvalue weighted by molar-refractivity contribution is 5.60. The molecule has 2 aromatic rings. The number of nitrogens with zero attached hydrogens (tertiary/aromatic N) is 4. The molecule has 1 saturated heterocycles. The van der Waals surface area contributed by atoms with Crippen LogP contribution in [0.4, 0.5) is 0 Å². The van der Waals surface area contributed by atoms with Crippen molar-refractivity contribution in [3.63, 3.8) is 0 Å². The van der Waals surface area contributed by atoms with Crippen LogP contribution < -0.4 is 4.74 Å². The van der Waals surface area contributed by atoms with E-state index in [1.54, 1.807) is 16.9 Å². The Labute approximate surface area is 117 Å². The van der Waals surface area contributed by atoms with E-state index in [2.05, 4.69) is 16.1 Å². The van der Waals surface area contributed by atoms with Crippen LogP contribution in [-0.2, 0) is 4.74 Å².